The van der Waals surface area contributed by atoms with Gasteiger partial charge in [-0.3, -0.25) is 4.40 Å². The van der Waals surface area contributed by atoms with Crippen LogP contribution in [0.2, 0.25) is 10.4 Å². The van der Waals surface area contributed by atoms with E-state index in [2.05, 4.69) is 4.98 Å². The van der Waals surface area contributed by atoms with Crippen molar-refractivity contribution in [1.29, 1.82) is 0 Å². The van der Waals surface area contributed by atoms with Gasteiger partial charge >= 0.3 is 0 Å². The van der Waals surface area contributed by atoms with Gasteiger partial charge in [0.1, 0.15) is 5.82 Å². The zero-order valence-corrected chi connectivity index (χ0v) is 10.0. The number of hydrogen-bond donors (Lipinski definition) is 1. The molecule has 0 fully saturated rings. The molecule has 0 atom stereocenters. The smallest absolute Gasteiger partial charge is 0.194 e. The Morgan fingerprint density at radius 1 is 1.18 bits per heavy atom. The topological polar surface area (TPSA) is 56.5 Å². The number of nitrogen functional groups attached to an aromatic ring is 1. The van der Waals surface area contributed by atoms with Crippen LogP contribution >= 0.6 is 23.2 Å². The van der Waals surface area contributed by atoms with Crippen LogP contribution in [0, 0.1) is 0 Å². The molecule has 6 heteroatoms. The van der Waals surface area contributed by atoms with Crippen LogP contribution in [0.3, 0.4) is 0 Å². The number of rotatable bonds is 1. The molecule has 0 aromatic carbocycles. The average molecular weight is 268 g/mol. The van der Waals surface area contributed by atoms with Gasteiger partial charge in [0.05, 0.1) is 5.52 Å². The molecule has 0 aliphatic rings. The van der Waals surface area contributed by atoms with Crippen molar-refractivity contribution in [3.8, 4) is 11.6 Å². The van der Waals surface area contributed by atoms with Crippen molar-refractivity contribution in [2.24, 2.45) is 0 Å². The Bertz CT molecular complexity index is 702. The molecular weight excluding hydrogens is 261 g/mol. The van der Waals surface area contributed by atoms with E-state index in [4.69, 9.17) is 33.4 Å². The lowest BCUT2D eigenvalue weighted by Gasteiger charge is -2.01. The number of nitrogens with zero attached hydrogens (tertiary/aromatic N) is 2. The first-order valence-electron chi connectivity index (χ1n) is 4.85. The van der Waals surface area contributed by atoms with Gasteiger partial charge in [0.25, 0.3) is 0 Å². The van der Waals surface area contributed by atoms with E-state index in [1.165, 1.54) is 0 Å². The van der Waals surface area contributed by atoms with Crippen molar-refractivity contribution in [3.63, 3.8) is 0 Å². The van der Waals surface area contributed by atoms with E-state index < -0.39 is 0 Å². The Morgan fingerprint density at radius 2 is 2.00 bits per heavy atom. The molecule has 0 amide bonds. The Balaban J connectivity index is 2.37. The first-order chi connectivity index (χ1) is 8.16. The van der Waals surface area contributed by atoms with Crippen molar-refractivity contribution in [1.82, 2.24) is 9.38 Å². The third-order valence-electron chi connectivity index (χ3n) is 2.44. The normalized spacial score (nSPS) is 11.2. The minimum atomic E-state index is 0.294. The highest BCUT2D eigenvalue weighted by atomic mass is 35.5. The number of hydrogen-bond acceptors (Lipinski definition) is 3. The summed E-state index contributed by atoms with van der Waals surface area (Å²) in [4.78, 5) is 4.23. The predicted molar refractivity (Wildman–Crippen MR) is 67.3 cm³/mol. The summed E-state index contributed by atoms with van der Waals surface area (Å²) < 4.78 is 7.03. The highest BCUT2D eigenvalue weighted by Gasteiger charge is 2.15. The third-order valence-corrected chi connectivity index (χ3v) is 2.92. The zero-order valence-electron chi connectivity index (χ0n) is 8.52. The van der Waals surface area contributed by atoms with Crippen LogP contribution in [0.15, 0.2) is 34.7 Å². The number of furan rings is 1. The van der Waals surface area contributed by atoms with E-state index in [0.29, 0.717) is 27.8 Å². The molecule has 0 bridgehead atoms. The molecule has 17 heavy (non-hydrogen) atoms. The summed E-state index contributed by atoms with van der Waals surface area (Å²) in [7, 11) is 0. The lowest BCUT2D eigenvalue weighted by molar-refractivity contribution is 0.579. The van der Waals surface area contributed by atoms with Crippen molar-refractivity contribution in [2.75, 3.05) is 5.73 Å². The highest BCUT2D eigenvalue weighted by Crippen LogP contribution is 2.30. The van der Waals surface area contributed by atoms with Crippen LogP contribution in [-0.4, -0.2) is 9.38 Å². The second kappa shape index (κ2) is 3.68. The number of halogens is 2. The number of anilines is 1. The number of aromatic nitrogens is 2. The first-order valence-corrected chi connectivity index (χ1v) is 5.60. The van der Waals surface area contributed by atoms with Gasteiger partial charge in [0, 0.05) is 0 Å². The van der Waals surface area contributed by atoms with Crippen LogP contribution in [0.5, 0.6) is 0 Å². The summed E-state index contributed by atoms with van der Waals surface area (Å²) in [6.45, 7) is 0. The van der Waals surface area contributed by atoms with E-state index in [1.807, 2.05) is 12.1 Å². The van der Waals surface area contributed by atoms with Crippen molar-refractivity contribution in [2.45, 2.75) is 0 Å². The van der Waals surface area contributed by atoms with Crippen LogP contribution in [0.25, 0.3) is 17.1 Å². The van der Waals surface area contributed by atoms with Crippen molar-refractivity contribution < 1.29 is 4.42 Å². The fourth-order valence-corrected chi connectivity index (χ4v) is 2.10. The van der Waals surface area contributed by atoms with Gasteiger partial charge in [-0.1, -0.05) is 17.7 Å². The molecular formula is C11H7Cl2N3O. The molecule has 4 nitrogen and oxygen atoms in total. The minimum absolute atomic E-state index is 0.294. The van der Waals surface area contributed by atoms with Gasteiger partial charge in [0.2, 0.25) is 0 Å². The average Bonchev–Trinajstić information content (AvgIpc) is 2.85. The molecule has 0 aliphatic heterocycles. The molecule has 0 spiro atoms. The quantitative estimate of drug-likeness (QED) is 0.735. The molecule has 3 aromatic heterocycles. The molecule has 3 heterocycles. The van der Waals surface area contributed by atoms with Gasteiger partial charge < -0.3 is 10.2 Å². The fraction of sp³-hybridized carbons (Fsp3) is 0. The maximum absolute atomic E-state index is 6.04. The minimum Gasteiger partial charge on any atom is -0.441 e. The van der Waals surface area contributed by atoms with Crippen LogP contribution < -0.4 is 5.73 Å². The van der Waals surface area contributed by atoms with E-state index in [9.17, 15) is 0 Å². The standard InChI is InChI=1S/C11H7Cl2N3O/c12-8-5-4-7(17-8)11-15-10(13)6-2-1-3-9(14)16(6)11/h1-5H,14H2. The Hall–Kier alpha value is -1.65. The number of nitrogens with two attached hydrogens (primary N) is 1. The van der Waals surface area contributed by atoms with Crippen LogP contribution in [0.4, 0.5) is 5.82 Å². The molecule has 0 saturated heterocycles. The number of pyridine rings is 1. The fourth-order valence-electron chi connectivity index (χ4n) is 1.72. The van der Waals surface area contributed by atoms with E-state index >= 15 is 0 Å². The zero-order chi connectivity index (χ0) is 12.0. The summed E-state index contributed by atoms with van der Waals surface area (Å²) in [6.07, 6.45) is 0. The van der Waals surface area contributed by atoms with Crippen LogP contribution in [0.1, 0.15) is 0 Å². The van der Waals surface area contributed by atoms with Gasteiger partial charge in [-0.25, -0.2) is 4.98 Å². The van der Waals surface area contributed by atoms with Crippen LogP contribution in [-0.2, 0) is 0 Å². The van der Waals surface area contributed by atoms with Crippen molar-refractivity contribution >= 4 is 34.5 Å². The van der Waals surface area contributed by atoms with Crippen molar-refractivity contribution in [3.05, 3.63) is 40.7 Å². The maximum atomic E-state index is 6.04. The summed E-state index contributed by atoms with van der Waals surface area (Å²) >= 11 is 11.8. The molecule has 0 saturated carbocycles. The number of fused-ring (bicyclic) bond motifs is 1. The highest BCUT2D eigenvalue weighted by molar-refractivity contribution is 6.33. The lowest BCUT2D eigenvalue weighted by Crippen LogP contribution is -1.97. The number of imidazole rings is 1. The Morgan fingerprint density at radius 3 is 2.71 bits per heavy atom. The SMILES string of the molecule is Nc1cccc2c(Cl)nc(-c3ccc(Cl)o3)n12. The summed E-state index contributed by atoms with van der Waals surface area (Å²) in [5.41, 5.74) is 6.63. The second-order valence-electron chi connectivity index (χ2n) is 3.50. The monoisotopic (exact) mass is 267 g/mol. The summed E-state index contributed by atoms with van der Waals surface area (Å²) in [6, 6.07) is 8.78. The molecule has 0 unspecified atom stereocenters. The second-order valence-corrected chi connectivity index (χ2v) is 4.23. The molecule has 0 aliphatic carbocycles. The van der Waals surface area contributed by atoms with E-state index in [1.54, 1.807) is 22.6 Å². The molecule has 3 rings (SSSR count). The predicted octanol–water partition coefficient (Wildman–Crippen LogP) is 3.48. The van der Waals surface area contributed by atoms with Gasteiger partial charge in [0.15, 0.2) is 22.0 Å². The Kier molecular flexibility index (Phi) is 2.28. The molecule has 2 N–H and O–H groups in total. The maximum Gasteiger partial charge on any atom is 0.194 e. The van der Waals surface area contributed by atoms with Gasteiger partial charge in [-0.2, -0.15) is 0 Å². The molecule has 3 aromatic rings. The summed E-state index contributed by atoms with van der Waals surface area (Å²) in [5.74, 6) is 1.59. The summed E-state index contributed by atoms with van der Waals surface area (Å²) in [5, 5.41) is 0.669. The van der Waals surface area contributed by atoms with Gasteiger partial charge in [-0.15, -0.1) is 0 Å². The first kappa shape index (κ1) is 10.5. The lowest BCUT2D eigenvalue weighted by atomic mass is 10.4. The molecule has 86 valence electrons. The van der Waals surface area contributed by atoms with E-state index in [0.717, 1.165) is 5.52 Å². The van der Waals surface area contributed by atoms with E-state index in [-0.39, 0.29) is 0 Å². The van der Waals surface area contributed by atoms with Gasteiger partial charge in [-0.05, 0) is 35.9 Å². The largest absolute Gasteiger partial charge is 0.441 e. The molecule has 0 radical (unpaired) electrons. The third kappa shape index (κ3) is 1.57. The Labute approximate surface area is 107 Å².